The minimum absolute atomic E-state index is 0.00996. The largest absolute Gasteiger partial charge is 0.586 e. The highest BCUT2D eigenvalue weighted by Gasteiger charge is 2.43. The van der Waals surface area contributed by atoms with Gasteiger partial charge in [0, 0.05) is 18.3 Å². The molecule has 0 saturated carbocycles. The van der Waals surface area contributed by atoms with Gasteiger partial charge in [-0.15, -0.1) is 8.78 Å². The van der Waals surface area contributed by atoms with Gasteiger partial charge < -0.3 is 24.6 Å². The molecule has 7 heteroatoms. The van der Waals surface area contributed by atoms with E-state index in [1.165, 1.54) is 12.1 Å². The molecular formula is C13H17F2NO4. The van der Waals surface area contributed by atoms with Crippen molar-refractivity contribution in [2.45, 2.75) is 32.4 Å². The van der Waals surface area contributed by atoms with E-state index in [1.54, 1.807) is 6.07 Å². The fourth-order valence-electron chi connectivity index (χ4n) is 1.66. The van der Waals surface area contributed by atoms with E-state index < -0.39 is 12.4 Å². The van der Waals surface area contributed by atoms with Crippen LogP contribution >= 0.6 is 0 Å². The average Bonchev–Trinajstić information content (AvgIpc) is 2.66. The highest BCUT2D eigenvalue weighted by atomic mass is 19.3. The molecule has 0 spiro atoms. The summed E-state index contributed by atoms with van der Waals surface area (Å²) in [7, 11) is 0. The standard InChI is InChI=1S/C13H17F2NO4/c1-8(2)18-7-10(17)6-16-9-3-4-11-12(5-9)20-13(14,15)19-11/h3-5,8,10,16-17H,6-7H2,1-2H3. The lowest BCUT2D eigenvalue weighted by Crippen LogP contribution is -2.26. The molecule has 112 valence electrons. The van der Waals surface area contributed by atoms with Crippen molar-refractivity contribution in [3.8, 4) is 11.5 Å². The van der Waals surface area contributed by atoms with Crippen molar-refractivity contribution in [1.29, 1.82) is 0 Å². The van der Waals surface area contributed by atoms with E-state index in [-0.39, 0.29) is 30.8 Å². The molecule has 5 nitrogen and oxygen atoms in total. The Kier molecular flexibility index (Phi) is 4.29. The van der Waals surface area contributed by atoms with Gasteiger partial charge in [-0.3, -0.25) is 0 Å². The molecule has 0 bridgehead atoms. The fourth-order valence-corrected chi connectivity index (χ4v) is 1.66. The maximum Gasteiger partial charge on any atom is 0.586 e. The van der Waals surface area contributed by atoms with E-state index in [2.05, 4.69) is 14.8 Å². The molecule has 1 aliphatic heterocycles. The molecule has 1 aliphatic rings. The van der Waals surface area contributed by atoms with Crippen molar-refractivity contribution < 1.29 is 28.1 Å². The number of halogens is 2. The van der Waals surface area contributed by atoms with E-state index >= 15 is 0 Å². The van der Waals surface area contributed by atoms with Crippen LogP contribution in [0.5, 0.6) is 11.5 Å². The maximum atomic E-state index is 12.8. The maximum absolute atomic E-state index is 12.8. The zero-order valence-electron chi connectivity index (χ0n) is 11.2. The Balaban J connectivity index is 1.86. The first-order chi connectivity index (χ1) is 9.35. The monoisotopic (exact) mass is 289 g/mol. The second kappa shape index (κ2) is 5.80. The predicted molar refractivity (Wildman–Crippen MR) is 68.2 cm³/mol. The van der Waals surface area contributed by atoms with Crippen LogP contribution in [0.3, 0.4) is 0 Å². The second-order valence-corrected chi connectivity index (χ2v) is 4.75. The van der Waals surface area contributed by atoms with Crippen molar-refractivity contribution in [3.63, 3.8) is 0 Å². The molecule has 0 fully saturated rings. The van der Waals surface area contributed by atoms with Gasteiger partial charge in [-0.1, -0.05) is 0 Å². The highest BCUT2D eigenvalue weighted by Crippen LogP contribution is 2.42. The van der Waals surface area contributed by atoms with Crippen LogP contribution in [0, 0.1) is 0 Å². The van der Waals surface area contributed by atoms with E-state index in [0.29, 0.717) is 5.69 Å². The zero-order valence-corrected chi connectivity index (χ0v) is 11.2. The lowest BCUT2D eigenvalue weighted by atomic mass is 10.2. The van der Waals surface area contributed by atoms with Crippen LogP contribution in [0.15, 0.2) is 18.2 Å². The molecular weight excluding hydrogens is 272 g/mol. The molecule has 2 rings (SSSR count). The number of aliphatic hydroxyl groups excluding tert-OH is 1. The van der Waals surface area contributed by atoms with E-state index in [0.717, 1.165) is 0 Å². The molecule has 1 aromatic rings. The van der Waals surface area contributed by atoms with Gasteiger partial charge in [-0.25, -0.2) is 0 Å². The Hall–Kier alpha value is -1.60. The van der Waals surface area contributed by atoms with Crippen molar-refractivity contribution in [2.75, 3.05) is 18.5 Å². The van der Waals surface area contributed by atoms with E-state index in [4.69, 9.17) is 4.74 Å². The lowest BCUT2D eigenvalue weighted by Gasteiger charge is -2.15. The Morgan fingerprint density at radius 1 is 1.30 bits per heavy atom. The van der Waals surface area contributed by atoms with Crippen LogP contribution in [-0.4, -0.2) is 36.8 Å². The molecule has 1 unspecified atom stereocenters. The Bertz CT molecular complexity index is 468. The SMILES string of the molecule is CC(C)OCC(O)CNc1ccc2c(c1)OC(F)(F)O2. The first-order valence-corrected chi connectivity index (χ1v) is 6.29. The molecule has 0 aromatic heterocycles. The molecule has 0 aliphatic carbocycles. The minimum atomic E-state index is -3.62. The summed E-state index contributed by atoms with van der Waals surface area (Å²) in [6.07, 6.45) is -4.27. The van der Waals surface area contributed by atoms with Crippen LogP contribution in [0.25, 0.3) is 0 Å². The molecule has 0 saturated heterocycles. The fraction of sp³-hybridized carbons (Fsp3) is 0.538. The van der Waals surface area contributed by atoms with Gasteiger partial charge in [0.2, 0.25) is 0 Å². The van der Waals surface area contributed by atoms with Gasteiger partial charge in [-0.2, -0.15) is 0 Å². The van der Waals surface area contributed by atoms with Crippen molar-refractivity contribution in [3.05, 3.63) is 18.2 Å². The zero-order chi connectivity index (χ0) is 14.8. The molecule has 1 atom stereocenters. The van der Waals surface area contributed by atoms with Crippen LogP contribution in [0.2, 0.25) is 0 Å². The first-order valence-electron chi connectivity index (χ1n) is 6.29. The smallest absolute Gasteiger partial charge is 0.395 e. The molecule has 1 heterocycles. The van der Waals surface area contributed by atoms with Crippen LogP contribution in [0.4, 0.5) is 14.5 Å². The number of hydrogen-bond donors (Lipinski definition) is 2. The third-order valence-corrected chi connectivity index (χ3v) is 2.57. The quantitative estimate of drug-likeness (QED) is 0.841. The molecule has 2 N–H and O–H groups in total. The Morgan fingerprint density at radius 2 is 2.00 bits per heavy atom. The Labute approximate surface area is 115 Å². The summed E-state index contributed by atoms with van der Waals surface area (Å²) in [5.74, 6) is -0.0443. The van der Waals surface area contributed by atoms with Gasteiger partial charge in [0.25, 0.3) is 0 Å². The van der Waals surface area contributed by atoms with Gasteiger partial charge in [0.15, 0.2) is 11.5 Å². The highest BCUT2D eigenvalue weighted by molar-refractivity contribution is 5.55. The van der Waals surface area contributed by atoms with Crippen molar-refractivity contribution in [1.82, 2.24) is 0 Å². The summed E-state index contributed by atoms with van der Waals surface area (Å²) < 4.78 is 39.6. The van der Waals surface area contributed by atoms with Gasteiger partial charge in [-0.05, 0) is 26.0 Å². The van der Waals surface area contributed by atoms with E-state index in [1.807, 2.05) is 13.8 Å². The number of alkyl halides is 2. The van der Waals surface area contributed by atoms with Crippen molar-refractivity contribution >= 4 is 5.69 Å². The second-order valence-electron chi connectivity index (χ2n) is 4.75. The van der Waals surface area contributed by atoms with Gasteiger partial charge in [0.05, 0.1) is 18.8 Å². The molecule has 0 amide bonds. The van der Waals surface area contributed by atoms with Gasteiger partial charge >= 0.3 is 6.29 Å². The molecule has 20 heavy (non-hydrogen) atoms. The summed E-state index contributed by atoms with van der Waals surface area (Å²) in [4.78, 5) is 0. The first kappa shape index (κ1) is 14.8. The number of aliphatic hydroxyl groups is 1. The Morgan fingerprint density at radius 3 is 2.70 bits per heavy atom. The molecule has 0 radical (unpaired) electrons. The number of fused-ring (bicyclic) bond motifs is 1. The van der Waals surface area contributed by atoms with Crippen LogP contribution in [0.1, 0.15) is 13.8 Å². The minimum Gasteiger partial charge on any atom is -0.395 e. The third kappa shape index (κ3) is 3.94. The number of anilines is 1. The predicted octanol–water partition coefficient (Wildman–Crippen LogP) is 2.21. The molecule has 1 aromatic carbocycles. The van der Waals surface area contributed by atoms with Gasteiger partial charge in [0.1, 0.15) is 0 Å². The number of benzene rings is 1. The third-order valence-electron chi connectivity index (χ3n) is 2.57. The average molecular weight is 289 g/mol. The number of ether oxygens (including phenoxy) is 3. The normalized spacial score (nSPS) is 17.3. The summed E-state index contributed by atoms with van der Waals surface area (Å²) in [5, 5.41) is 12.6. The lowest BCUT2D eigenvalue weighted by molar-refractivity contribution is -0.286. The van der Waals surface area contributed by atoms with Crippen LogP contribution in [-0.2, 0) is 4.74 Å². The van der Waals surface area contributed by atoms with Crippen LogP contribution < -0.4 is 14.8 Å². The topological polar surface area (TPSA) is 60.0 Å². The van der Waals surface area contributed by atoms with E-state index in [9.17, 15) is 13.9 Å². The summed E-state index contributed by atoms with van der Waals surface area (Å²) in [6.45, 7) is 4.19. The summed E-state index contributed by atoms with van der Waals surface area (Å²) in [6, 6.07) is 4.35. The van der Waals surface area contributed by atoms with Crippen molar-refractivity contribution in [2.24, 2.45) is 0 Å². The number of nitrogens with one attached hydrogen (secondary N) is 1. The summed E-state index contributed by atoms with van der Waals surface area (Å²) in [5.41, 5.74) is 0.550. The number of rotatable bonds is 6. The number of hydrogen-bond acceptors (Lipinski definition) is 5. The summed E-state index contributed by atoms with van der Waals surface area (Å²) >= 11 is 0.